The van der Waals surface area contributed by atoms with Crippen LogP contribution < -0.4 is 0 Å². The summed E-state index contributed by atoms with van der Waals surface area (Å²) in [6.45, 7) is 0.952. The number of hydrogen-bond donors (Lipinski definition) is 0. The molecule has 0 N–H and O–H groups in total. The monoisotopic (exact) mass is 184 g/mol. The van der Waals surface area contributed by atoms with Gasteiger partial charge in [-0.1, -0.05) is 0 Å². The molecule has 0 amide bonds. The van der Waals surface area contributed by atoms with Crippen LogP contribution in [-0.2, 0) is 18.9 Å². The van der Waals surface area contributed by atoms with Crippen molar-refractivity contribution >= 4 is 7.85 Å². The largest absolute Gasteiger partial charge is 0.381 e. The highest BCUT2D eigenvalue weighted by atomic mass is 16.7. The van der Waals surface area contributed by atoms with Gasteiger partial charge < -0.3 is 18.9 Å². The van der Waals surface area contributed by atoms with E-state index in [1.807, 2.05) is 0 Å². The Labute approximate surface area is 78.9 Å². The lowest BCUT2D eigenvalue weighted by Gasteiger charge is -2.29. The lowest BCUT2D eigenvalue weighted by molar-refractivity contribution is -0.144. The molecule has 0 aliphatic carbocycles. The van der Waals surface area contributed by atoms with Crippen LogP contribution in [0.3, 0.4) is 0 Å². The second kappa shape index (κ2) is 3.24. The SMILES string of the molecule is [B][C@H]1O[C@]2(COC)CO[C@H]1[C@H]2OC. The minimum atomic E-state index is -0.492. The Morgan fingerprint density at radius 3 is 2.85 bits per heavy atom. The Morgan fingerprint density at radius 2 is 2.31 bits per heavy atom. The fourth-order valence-corrected chi connectivity index (χ4v) is 2.16. The Kier molecular flexibility index (Phi) is 2.36. The van der Waals surface area contributed by atoms with E-state index in [0.29, 0.717) is 13.2 Å². The van der Waals surface area contributed by atoms with Crippen LogP contribution in [-0.4, -0.2) is 59.1 Å². The molecule has 13 heavy (non-hydrogen) atoms. The minimum absolute atomic E-state index is 0.109. The quantitative estimate of drug-likeness (QED) is 0.544. The first kappa shape index (κ1) is 9.46. The molecule has 0 aromatic carbocycles. The molecule has 2 radical (unpaired) electrons. The Balaban J connectivity index is 2.17. The van der Waals surface area contributed by atoms with Gasteiger partial charge in [-0.05, 0) is 0 Å². The van der Waals surface area contributed by atoms with Gasteiger partial charge in [0.1, 0.15) is 25.7 Å². The summed E-state index contributed by atoms with van der Waals surface area (Å²) in [7, 11) is 8.98. The molecule has 2 saturated heterocycles. The number of ether oxygens (including phenoxy) is 4. The first-order valence-electron chi connectivity index (χ1n) is 4.30. The van der Waals surface area contributed by atoms with Gasteiger partial charge in [0, 0.05) is 20.2 Å². The summed E-state index contributed by atoms with van der Waals surface area (Å²) in [6, 6.07) is -0.395. The number of fused-ring (bicyclic) bond motifs is 2. The molecule has 2 aliphatic heterocycles. The van der Waals surface area contributed by atoms with E-state index >= 15 is 0 Å². The summed E-state index contributed by atoms with van der Waals surface area (Å²) in [5, 5.41) is 0. The molecular weight excluding hydrogens is 171 g/mol. The van der Waals surface area contributed by atoms with Crippen LogP contribution in [0, 0.1) is 0 Å². The third kappa shape index (κ3) is 1.22. The molecule has 2 bridgehead atoms. The molecule has 2 fully saturated rings. The minimum Gasteiger partial charge on any atom is -0.381 e. The average Bonchev–Trinajstić information content (AvgIpc) is 2.55. The van der Waals surface area contributed by atoms with Gasteiger partial charge in [-0.15, -0.1) is 0 Å². The van der Waals surface area contributed by atoms with Crippen LogP contribution in [0.4, 0.5) is 0 Å². The molecule has 0 spiro atoms. The summed E-state index contributed by atoms with van der Waals surface area (Å²) < 4.78 is 21.5. The zero-order valence-electron chi connectivity index (χ0n) is 7.86. The predicted molar refractivity (Wildman–Crippen MR) is 45.8 cm³/mol. The van der Waals surface area contributed by atoms with Crippen molar-refractivity contribution in [1.82, 2.24) is 0 Å². The van der Waals surface area contributed by atoms with Gasteiger partial charge in [0.05, 0.1) is 13.2 Å². The van der Waals surface area contributed by atoms with E-state index in [9.17, 15) is 0 Å². The molecular formula is C8H13BO4. The van der Waals surface area contributed by atoms with Crippen molar-refractivity contribution in [2.45, 2.75) is 23.8 Å². The maximum absolute atomic E-state index is 5.72. The van der Waals surface area contributed by atoms with Crippen LogP contribution >= 0.6 is 0 Å². The Hall–Kier alpha value is -0.0951. The highest BCUT2D eigenvalue weighted by Gasteiger charge is 2.60. The second-order valence-electron chi connectivity index (χ2n) is 3.51. The highest BCUT2D eigenvalue weighted by molar-refractivity contribution is 6.11. The van der Waals surface area contributed by atoms with Crippen molar-refractivity contribution in [1.29, 1.82) is 0 Å². The van der Waals surface area contributed by atoms with Gasteiger partial charge in [-0.3, -0.25) is 0 Å². The summed E-state index contributed by atoms with van der Waals surface area (Å²) in [6.07, 6.45) is -0.261. The van der Waals surface area contributed by atoms with Gasteiger partial charge in [-0.2, -0.15) is 0 Å². The molecule has 0 saturated carbocycles. The van der Waals surface area contributed by atoms with Gasteiger partial charge in [-0.25, -0.2) is 0 Å². The Morgan fingerprint density at radius 1 is 1.54 bits per heavy atom. The van der Waals surface area contributed by atoms with Crippen LogP contribution in [0.1, 0.15) is 0 Å². The third-order valence-electron chi connectivity index (χ3n) is 2.67. The lowest BCUT2D eigenvalue weighted by Crippen LogP contribution is -2.45. The van der Waals surface area contributed by atoms with Crippen LogP contribution in [0.2, 0.25) is 0 Å². The predicted octanol–water partition coefficient (Wildman–Crippen LogP) is -0.690. The molecule has 2 heterocycles. The van der Waals surface area contributed by atoms with Crippen molar-refractivity contribution in [3.8, 4) is 0 Å². The molecule has 5 heteroatoms. The van der Waals surface area contributed by atoms with Gasteiger partial charge >= 0.3 is 0 Å². The fourth-order valence-electron chi connectivity index (χ4n) is 2.16. The molecule has 0 aromatic heterocycles. The third-order valence-corrected chi connectivity index (χ3v) is 2.67. The smallest absolute Gasteiger partial charge is 0.143 e. The first-order valence-corrected chi connectivity index (χ1v) is 4.30. The van der Waals surface area contributed by atoms with E-state index in [2.05, 4.69) is 0 Å². The normalized spacial score (nSPS) is 48.6. The summed E-state index contributed by atoms with van der Waals surface area (Å²) in [5.74, 6) is 0. The van der Waals surface area contributed by atoms with Crippen LogP contribution in [0.5, 0.6) is 0 Å². The van der Waals surface area contributed by atoms with E-state index < -0.39 is 11.6 Å². The maximum Gasteiger partial charge on any atom is 0.143 e. The van der Waals surface area contributed by atoms with Crippen LogP contribution in [0.25, 0.3) is 0 Å². The van der Waals surface area contributed by atoms with Gasteiger partial charge in [0.15, 0.2) is 0 Å². The van der Waals surface area contributed by atoms with Crippen molar-refractivity contribution in [2.75, 3.05) is 27.4 Å². The summed E-state index contributed by atoms with van der Waals surface area (Å²) in [4.78, 5) is 0. The molecule has 2 rings (SSSR count). The van der Waals surface area contributed by atoms with E-state index in [-0.39, 0.29) is 12.2 Å². The molecule has 2 aliphatic rings. The van der Waals surface area contributed by atoms with Crippen LogP contribution in [0.15, 0.2) is 0 Å². The van der Waals surface area contributed by atoms with Crippen molar-refractivity contribution in [3.05, 3.63) is 0 Å². The summed E-state index contributed by atoms with van der Waals surface area (Å²) in [5.41, 5.74) is -0.492. The van der Waals surface area contributed by atoms with Crippen molar-refractivity contribution in [3.63, 3.8) is 0 Å². The average molecular weight is 184 g/mol. The maximum atomic E-state index is 5.72. The van der Waals surface area contributed by atoms with E-state index in [1.165, 1.54) is 0 Å². The van der Waals surface area contributed by atoms with E-state index in [0.717, 1.165) is 0 Å². The standard InChI is InChI=1S/C8H13BO4/c1-10-3-8-4-12-5(6(8)11-2)7(9)13-8/h5-7H,3-4H2,1-2H3/t5-,6+,7-,8+/m0/s1. The first-order chi connectivity index (χ1) is 6.23. The van der Waals surface area contributed by atoms with E-state index in [4.69, 9.17) is 26.8 Å². The Bertz CT molecular complexity index is 201. The van der Waals surface area contributed by atoms with Crippen molar-refractivity contribution in [2.24, 2.45) is 0 Å². The van der Waals surface area contributed by atoms with E-state index in [1.54, 1.807) is 14.2 Å². The molecule has 72 valence electrons. The van der Waals surface area contributed by atoms with Gasteiger partial charge in [0.2, 0.25) is 0 Å². The molecule has 4 nitrogen and oxygen atoms in total. The zero-order valence-corrected chi connectivity index (χ0v) is 7.86. The topological polar surface area (TPSA) is 36.9 Å². The zero-order chi connectivity index (χ0) is 9.47. The second-order valence-corrected chi connectivity index (χ2v) is 3.51. The van der Waals surface area contributed by atoms with Gasteiger partial charge in [0.25, 0.3) is 0 Å². The molecule has 0 aromatic rings. The highest BCUT2D eigenvalue weighted by Crippen LogP contribution is 2.40. The number of rotatable bonds is 3. The number of hydrogen-bond acceptors (Lipinski definition) is 4. The molecule has 0 unspecified atom stereocenters. The number of methoxy groups -OCH3 is 2. The van der Waals surface area contributed by atoms with Crippen molar-refractivity contribution < 1.29 is 18.9 Å². The lowest BCUT2D eigenvalue weighted by atomic mass is 9.92. The summed E-state index contributed by atoms with van der Waals surface area (Å²) >= 11 is 0. The fraction of sp³-hybridized carbons (Fsp3) is 1.00. The molecule has 4 atom stereocenters.